The van der Waals surface area contributed by atoms with Crippen LogP contribution in [0.4, 0.5) is 11.4 Å². The molecule has 1 aromatic heterocycles. The molecule has 0 aliphatic carbocycles. The second-order valence-electron chi connectivity index (χ2n) is 4.79. The molecule has 0 radical (unpaired) electrons. The van der Waals surface area contributed by atoms with Crippen LogP contribution in [0.15, 0.2) is 34.9 Å². The van der Waals surface area contributed by atoms with Gasteiger partial charge < -0.3 is 20.4 Å². The number of carbonyl (C=O) groups excluding carboxylic acids is 1. The molecule has 1 atom stereocenters. The van der Waals surface area contributed by atoms with Crippen molar-refractivity contribution in [3.05, 3.63) is 46.9 Å². The summed E-state index contributed by atoms with van der Waals surface area (Å²) in [6, 6.07) is 6.67. The monoisotopic (exact) mass is 291 g/mol. The predicted molar refractivity (Wildman–Crippen MR) is 77.8 cm³/mol. The number of fused-ring (bicyclic) bond motifs is 1. The Balaban J connectivity index is 1.91. The van der Waals surface area contributed by atoms with Crippen LogP contribution in [0.5, 0.6) is 0 Å². The average Bonchev–Trinajstić information content (AvgIpc) is 3.00. The van der Waals surface area contributed by atoms with Crippen LogP contribution in [0.3, 0.4) is 0 Å². The van der Waals surface area contributed by atoms with Gasteiger partial charge in [0.25, 0.3) is 0 Å². The van der Waals surface area contributed by atoms with Crippen molar-refractivity contribution in [3.63, 3.8) is 0 Å². The number of halogens is 1. The van der Waals surface area contributed by atoms with Crippen LogP contribution in [0.2, 0.25) is 5.02 Å². The van der Waals surface area contributed by atoms with Gasteiger partial charge in [0.1, 0.15) is 11.8 Å². The van der Waals surface area contributed by atoms with Gasteiger partial charge in [0.05, 0.1) is 23.5 Å². The quantitative estimate of drug-likeness (QED) is 0.911. The van der Waals surface area contributed by atoms with Crippen molar-refractivity contribution in [3.8, 4) is 0 Å². The van der Waals surface area contributed by atoms with Crippen molar-refractivity contribution in [2.24, 2.45) is 5.73 Å². The van der Waals surface area contributed by atoms with Crippen molar-refractivity contribution in [2.75, 3.05) is 17.3 Å². The third kappa shape index (κ3) is 2.15. The first-order chi connectivity index (χ1) is 9.56. The van der Waals surface area contributed by atoms with E-state index >= 15 is 0 Å². The molecule has 3 rings (SSSR count). The van der Waals surface area contributed by atoms with Gasteiger partial charge in [0.15, 0.2) is 0 Å². The first-order valence-corrected chi connectivity index (χ1v) is 6.57. The maximum absolute atomic E-state index is 11.6. The number of furan rings is 1. The number of amides is 1. The molecule has 1 aromatic carbocycles. The Morgan fingerprint density at radius 3 is 3.00 bits per heavy atom. The van der Waals surface area contributed by atoms with Gasteiger partial charge in [-0.05, 0) is 24.3 Å². The van der Waals surface area contributed by atoms with Crippen molar-refractivity contribution in [1.82, 2.24) is 0 Å². The van der Waals surface area contributed by atoms with Crippen LogP contribution >= 0.6 is 11.6 Å². The van der Waals surface area contributed by atoms with Crippen LogP contribution < -0.4 is 16.0 Å². The molecule has 20 heavy (non-hydrogen) atoms. The summed E-state index contributed by atoms with van der Waals surface area (Å²) in [4.78, 5) is 13.5. The maximum atomic E-state index is 11.6. The second-order valence-corrected chi connectivity index (χ2v) is 5.20. The van der Waals surface area contributed by atoms with Crippen LogP contribution in [-0.2, 0) is 11.3 Å². The summed E-state index contributed by atoms with van der Waals surface area (Å²) in [7, 11) is 1.91. The Bertz CT molecular complexity index is 655. The number of anilines is 2. The Morgan fingerprint density at radius 1 is 1.50 bits per heavy atom. The van der Waals surface area contributed by atoms with E-state index in [-0.39, 0.29) is 5.91 Å². The van der Waals surface area contributed by atoms with E-state index in [2.05, 4.69) is 5.32 Å². The summed E-state index contributed by atoms with van der Waals surface area (Å²) in [5.74, 6) is 0.631. The van der Waals surface area contributed by atoms with Crippen molar-refractivity contribution in [1.29, 1.82) is 0 Å². The number of nitrogens with two attached hydrogens (primary N) is 1. The van der Waals surface area contributed by atoms with E-state index in [0.29, 0.717) is 17.3 Å². The van der Waals surface area contributed by atoms with Crippen LogP contribution in [0.1, 0.15) is 17.4 Å². The highest BCUT2D eigenvalue weighted by molar-refractivity contribution is 6.33. The lowest BCUT2D eigenvalue weighted by molar-refractivity contribution is -0.116. The predicted octanol–water partition coefficient (Wildman–Crippen LogP) is 2.52. The standard InChI is InChI=1S/C14H14ClN3O2/c1-18(7-8-3-2-4-20-8)12-6-11-9(5-10(12)15)13(16)14(19)17-11/h2-6,13H,7,16H2,1H3,(H,17,19). The lowest BCUT2D eigenvalue weighted by Crippen LogP contribution is -2.19. The summed E-state index contributed by atoms with van der Waals surface area (Å²) in [6.45, 7) is 0.589. The fourth-order valence-corrected chi connectivity index (χ4v) is 2.62. The summed E-state index contributed by atoms with van der Waals surface area (Å²) < 4.78 is 5.32. The van der Waals surface area contributed by atoms with Gasteiger partial charge in [-0.25, -0.2) is 0 Å². The van der Waals surface area contributed by atoms with Gasteiger partial charge in [-0.2, -0.15) is 0 Å². The molecule has 3 N–H and O–H groups in total. The molecule has 2 aromatic rings. The minimum absolute atomic E-state index is 0.207. The molecule has 104 valence electrons. The molecule has 1 aliphatic rings. The van der Waals surface area contributed by atoms with Crippen molar-refractivity contribution >= 4 is 28.9 Å². The number of hydrogen-bond donors (Lipinski definition) is 2. The number of carbonyl (C=O) groups is 1. The molecule has 2 heterocycles. The van der Waals surface area contributed by atoms with Gasteiger partial charge in [-0.15, -0.1) is 0 Å². The van der Waals surface area contributed by atoms with Gasteiger partial charge in [0, 0.05) is 18.3 Å². The fourth-order valence-electron chi connectivity index (χ4n) is 2.31. The molecule has 1 amide bonds. The molecule has 0 saturated carbocycles. The Labute approximate surface area is 121 Å². The van der Waals surface area contributed by atoms with E-state index in [4.69, 9.17) is 21.8 Å². The van der Waals surface area contributed by atoms with Crippen LogP contribution in [0, 0.1) is 0 Å². The maximum Gasteiger partial charge on any atom is 0.245 e. The van der Waals surface area contributed by atoms with Crippen molar-refractivity contribution < 1.29 is 9.21 Å². The molecule has 0 spiro atoms. The second kappa shape index (κ2) is 4.85. The molecule has 0 fully saturated rings. The number of benzene rings is 1. The van der Waals surface area contributed by atoms with E-state index in [1.807, 2.05) is 30.1 Å². The summed E-state index contributed by atoms with van der Waals surface area (Å²) in [6.07, 6.45) is 1.63. The Kier molecular flexibility index (Phi) is 3.16. The number of hydrogen-bond acceptors (Lipinski definition) is 4. The molecule has 0 saturated heterocycles. The average molecular weight is 292 g/mol. The third-order valence-electron chi connectivity index (χ3n) is 3.38. The van der Waals surface area contributed by atoms with Gasteiger partial charge in [0.2, 0.25) is 5.91 Å². The first-order valence-electron chi connectivity index (χ1n) is 6.19. The molecular weight excluding hydrogens is 278 g/mol. The molecule has 6 heteroatoms. The summed E-state index contributed by atoms with van der Waals surface area (Å²) >= 11 is 6.29. The molecule has 5 nitrogen and oxygen atoms in total. The van der Waals surface area contributed by atoms with Gasteiger partial charge >= 0.3 is 0 Å². The molecule has 1 unspecified atom stereocenters. The van der Waals surface area contributed by atoms with E-state index in [1.54, 1.807) is 12.3 Å². The smallest absolute Gasteiger partial charge is 0.245 e. The zero-order valence-electron chi connectivity index (χ0n) is 10.9. The van der Waals surface area contributed by atoms with Crippen molar-refractivity contribution in [2.45, 2.75) is 12.6 Å². The molecule has 0 bridgehead atoms. The van der Waals surface area contributed by atoms with E-state index in [9.17, 15) is 4.79 Å². The lowest BCUT2D eigenvalue weighted by Gasteiger charge is -2.20. The van der Waals surface area contributed by atoms with E-state index < -0.39 is 6.04 Å². The fraction of sp³-hybridized carbons (Fsp3) is 0.214. The number of nitrogens with one attached hydrogen (secondary N) is 1. The lowest BCUT2D eigenvalue weighted by atomic mass is 10.1. The minimum atomic E-state index is -0.646. The topological polar surface area (TPSA) is 71.5 Å². The van der Waals surface area contributed by atoms with E-state index in [1.165, 1.54) is 0 Å². The van der Waals surface area contributed by atoms with Crippen LogP contribution in [0.25, 0.3) is 0 Å². The van der Waals surface area contributed by atoms with Gasteiger partial charge in [-0.3, -0.25) is 4.79 Å². The molecule has 1 aliphatic heterocycles. The van der Waals surface area contributed by atoms with Crippen LogP contribution in [-0.4, -0.2) is 13.0 Å². The minimum Gasteiger partial charge on any atom is -0.467 e. The highest BCUT2D eigenvalue weighted by atomic mass is 35.5. The number of rotatable bonds is 3. The zero-order chi connectivity index (χ0) is 14.3. The Hall–Kier alpha value is -1.98. The highest BCUT2D eigenvalue weighted by Gasteiger charge is 2.28. The number of nitrogens with zero attached hydrogens (tertiary/aromatic N) is 1. The highest BCUT2D eigenvalue weighted by Crippen LogP contribution is 2.38. The SMILES string of the molecule is CN(Cc1ccco1)c1cc2c(cc1Cl)C(N)C(=O)N2. The largest absolute Gasteiger partial charge is 0.467 e. The summed E-state index contributed by atoms with van der Waals surface area (Å²) in [5.41, 5.74) is 8.06. The summed E-state index contributed by atoms with van der Waals surface area (Å²) in [5, 5.41) is 3.32. The first kappa shape index (κ1) is 13.0. The normalized spacial score (nSPS) is 16.9. The molecular formula is C14H14ClN3O2. The Morgan fingerprint density at radius 2 is 2.30 bits per heavy atom. The zero-order valence-corrected chi connectivity index (χ0v) is 11.6. The third-order valence-corrected chi connectivity index (χ3v) is 3.68. The van der Waals surface area contributed by atoms with Gasteiger partial charge in [-0.1, -0.05) is 11.6 Å². The van der Waals surface area contributed by atoms with E-state index in [0.717, 1.165) is 17.0 Å².